The molecule has 2 atom stereocenters. The van der Waals surface area contributed by atoms with E-state index in [1.165, 1.54) is 11.1 Å². The first-order valence-electron chi connectivity index (χ1n) is 17.3. The Labute approximate surface area is 296 Å². The average Bonchev–Trinajstić information content (AvgIpc) is 3.17. The molecule has 0 aliphatic heterocycles. The van der Waals surface area contributed by atoms with Gasteiger partial charge in [0.25, 0.3) is 0 Å². The molecule has 0 fully saturated rings. The Kier molecular flexibility index (Phi) is 12.3. The molecule has 5 heteroatoms. The summed E-state index contributed by atoms with van der Waals surface area (Å²) in [6.07, 6.45) is 0.0544. The minimum absolute atomic E-state index is 0.146. The Morgan fingerprint density at radius 3 is 1.36 bits per heavy atom. The molecule has 6 rings (SSSR count). The van der Waals surface area contributed by atoms with Gasteiger partial charge in [-0.2, -0.15) is 0 Å². The molecule has 1 N–H and O–H groups in total. The van der Waals surface area contributed by atoms with Crippen LogP contribution < -0.4 is 14.2 Å². The van der Waals surface area contributed by atoms with E-state index in [0.717, 1.165) is 34.4 Å². The van der Waals surface area contributed by atoms with Crippen molar-refractivity contribution in [2.45, 2.75) is 51.9 Å². The summed E-state index contributed by atoms with van der Waals surface area (Å²) < 4.78 is 18.5. The lowest BCUT2D eigenvalue weighted by molar-refractivity contribution is 0.0854. The normalized spacial score (nSPS) is 12.3. The van der Waals surface area contributed by atoms with Crippen LogP contribution in [0.15, 0.2) is 164 Å². The summed E-state index contributed by atoms with van der Waals surface area (Å²) in [6, 6.07) is 55.1. The van der Waals surface area contributed by atoms with Crippen molar-refractivity contribution in [2.75, 3.05) is 6.54 Å². The Bertz CT molecular complexity index is 1790. The summed E-state index contributed by atoms with van der Waals surface area (Å²) in [4.78, 5) is 2.35. The van der Waals surface area contributed by atoms with Crippen LogP contribution in [0, 0.1) is 0 Å². The maximum absolute atomic E-state index is 11.8. The summed E-state index contributed by atoms with van der Waals surface area (Å²) in [5.74, 6) is 2.16. The van der Waals surface area contributed by atoms with Gasteiger partial charge in [-0.3, -0.25) is 4.90 Å². The van der Waals surface area contributed by atoms with Crippen molar-refractivity contribution >= 4 is 0 Å². The number of benzene rings is 6. The SMILES string of the molecule is C[C@@H](Cc1ccc(OCc2ccccc2)cc1)N(Cc1ccccc1)C[C@H](O)c1cc(OCc2ccccc2)cc(OCc2ccccc2)c1. The van der Waals surface area contributed by atoms with Crippen LogP contribution >= 0.6 is 0 Å². The third-order valence-corrected chi connectivity index (χ3v) is 8.75. The molecule has 6 aromatic carbocycles. The molecule has 0 heterocycles. The Morgan fingerprint density at radius 1 is 0.480 bits per heavy atom. The summed E-state index contributed by atoms with van der Waals surface area (Å²) in [5, 5.41) is 11.8. The first kappa shape index (κ1) is 34.5. The van der Waals surface area contributed by atoms with E-state index in [-0.39, 0.29) is 6.04 Å². The van der Waals surface area contributed by atoms with Crippen molar-refractivity contribution in [1.82, 2.24) is 4.90 Å². The number of hydrogen-bond donors (Lipinski definition) is 1. The van der Waals surface area contributed by atoms with Gasteiger partial charge >= 0.3 is 0 Å². The second-order valence-electron chi connectivity index (χ2n) is 12.7. The van der Waals surface area contributed by atoms with Crippen LogP contribution in [0.3, 0.4) is 0 Å². The lowest BCUT2D eigenvalue weighted by Gasteiger charge is -2.31. The van der Waals surface area contributed by atoms with Gasteiger partial charge in [0.05, 0.1) is 6.10 Å². The maximum Gasteiger partial charge on any atom is 0.123 e. The molecule has 0 spiro atoms. The van der Waals surface area contributed by atoms with Gasteiger partial charge in [-0.1, -0.05) is 133 Å². The third-order valence-electron chi connectivity index (χ3n) is 8.75. The highest BCUT2D eigenvalue weighted by molar-refractivity contribution is 5.40. The molecule has 5 nitrogen and oxygen atoms in total. The summed E-state index contributed by atoms with van der Waals surface area (Å²) in [7, 11) is 0. The molecule has 0 amide bonds. The fourth-order valence-corrected chi connectivity index (χ4v) is 5.91. The standard InChI is InChI=1S/C45H45NO4/c1-35(26-36-22-24-42(25-23-36)48-32-38-16-8-3-9-17-38)46(30-37-14-6-2-7-15-37)31-45(47)41-27-43(49-33-39-18-10-4-11-19-39)29-44(28-41)50-34-40-20-12-5-13-21-40/h2-25,27-29,35,45,47H,26,30-34H2,1H3/t35-,45-/m0/s1. The minimum Gasteiger partial charge on any atom is -0.489 e. The number of nitrogens with zero attached hydrogens (tertiary/aromatic N) is 1. The van der Waals surface area contributed by atoms with Crippen molar-refractivity contribution in [3.63, 3.8) is 0 Å². The van der Waals surface area contributed by atoms with Crippen LogP contribution in [-0.4, -0.2) is 22.6 Å². The Morgan fingerprint density at radius 2 is 0.900 bits per heavy atom. The molecule has 0 radical (unpaired) electrons. The third kappa shape index (κ3) is 10.6. The zero-order chi connectivity index (χ0) is 34.4. The van der Waals surface area contributed by atoms with E-state index in [1.807, 2.05) is 115 Å². The van der Waals surface area contributed by atoms with Gasteiger partial charge in [0, 0.05) is 25.2 Å². The van der Waals surface area contributed by atoms with Crippen molar-refractivity contribution in [2.24, 2.45) is 0 Å². The molecule has 0 unspecified atom stereocenters. The van der Waals surface area contributed by atoms with Crippen molar-refractivity contribution in [3.8, 4) is 17.2 Å². The van der Waals surface area contributed by atoms with Crippen molar-refractivity contribution in [3.05, 3.63) is 197 Å². The summed E-state index contributed by atoms with van der Waals surface area (Å²) >= 11 is 0. The fourth-order valence-electron chi connectivity index (χ4n) is 5.91. The summed E-state index contributed by atoms with van der Waals surface area (Å²) in [6.45, 7) is 4.76. The number of ether oxygens (including phenoxy) is 3. The monoisotopic (exact) mass is 663 g/mol. The van der Waals surface area contributed by atoms with Crippen LogP contribution in [0.25, 0.3) is 0 Å². The van der Waals surface area contributed by atoms with E-state index in [9.17, 15) is 5.11 Å². The first-order chi connectivity index (χ1) is 24.6. The van der Waals surface area contributed by atoms with Gasteiger partial charge in [-0.05, 0) is 71.0 Å². The van der Waals surface area contributed by atoms with Crippen LogP contribution in [0.2, 0.25) is 0 Å². The van der Waals surface area contributed by atoms with Gasteiger partial charge in [0.1, 0.15) is 37.1 Å². The summed E-state index contributed by atoms with van der Waals surface area (Å²) in [5.41, 5.74) is 6.45. The van der Waals surface area contributed by atoms with Gasteiger partial charge in [-0.15, -0.1) is 0 Å². The highest BCUT2D eigenvalue weighted by Gasteiger charge is 2.21. The van der Waals surface area contributed by atoms with E-state index in [0.29, 0.717) is 44.4 Å². The molecule has 0 saturated heterocycles. The number of aliphatic hydroxyl groups excluding tert-OH is 1. The molecular weight excluding hydrogens is 618 g/mol. The Balaban J connectivity index is 1.17. The molecule has 0 aliphatic rings. The smallest absolute Gasteiger partial charge is 0.123 e. The highest BCUT2D eigenvalue weighted by Crippen LogP contribution is 2.30. The van der Waals surface area contributed by atoms with Crippen LogP contribution in [0.5, 0.6) is 17.2 Å². The van der Waals surface area contributed by atoms with Crippen LogP contribution in [-0.2, 0) is 32.8 Å². The van der Waals surface area contributed by atoms with E-state index in [1.54, 1.807) is 0 Å². The van der Waals surface area contributed by atoms with E-state index < -0.39 is 6.10 Å². The van der Waals surface area contributed by atoms with Gasteiger partial charge in [0.2, 0.25) is 0 Å². The number of rotatable bonds is 17. The van der Waals surface area contributed by atoms with Crippen LogP contribution in [0.4, 0.5) is 0 Å². The molecule has 0 saturated carbocycles. The zero-order valence-electron chi connectivity index (χ0n) is 28.6. The lowest BCUT2D eigenvalue weighted by Crippen LogP contribution is -2.37. The Hall–Kier alpha value is -5.36. The molecule has 0 bridgehead atoms. The molecule has 0 aliphatic carbocycles. The second-order valence-corrected chi connectivity index (χ2v) is 12.7. The predicted octanol–water partition coefficient (Wildman–Crippen LogP) is 9.59. The molecule has 50 heavy (non-hydrogen) atoms. The number of aliphatic hydroxyl groups is 1. The fraction of sp³-hybridized carbons (Fsp3) is 0.200. The van der Waals surface area contributed by atoms with Gasteiger partial charge < -0.3 is 19.3 Å². The topological polar surface area (TPSA) is 51.2 Å². The zero-order valence-corrected chi connectivity index (χ0v) is 28.6. The van der Waals surface area contributed by atoms with Crippen LogP contribution in [0.1, 0.15) is 46.4 Å². The van der Waals surface area contributed by atoms with E-state index in [2.05, 4.69) is 60.4 Å². The number of hydrogen-bond acceptors (Lipinski definition) is 5. The molecule has 254 valence electrons. The highest BCUT2D eigenvalue weighted by atomic mass is 16.5. The molecular formula is C45H45NO4. The van der Waals surface area contributed by atoms with E-state index >= 15 is 0 Å². The second kappa shape index (κ2) is 17.9. The minimum atomic E-state index is -0.769. The molecule has 0 aromatic heterocycles. The first-order valence-corrected chi connectivity index (χ1v) is 17.3. The lowest BCUT2D eigenvalue weighted by atomic mass is 10.0. The molecule has 6 aromatic rings. The van der Waals surface area contributed by atoms with E-state index in [4.69, 9.17) is 14.2 Å². The largest absolute Gasteiger partial charge is 0.489 e. The van der Waals surface area contributed by atoms with Crippen molar-refractivity contribution < 1.29 is 19.3 Å². The maximum atomic E-state index is 11.8. The van der Waals surface area contributed by atoms with Gasteiger partial charge in [0.15, 0.2) is 0 Å². The predicted molar refractivity (Wildman–Crippen MR) is 200 cm³/mol. The van der Waals surface area contributed by atoms with Gasteiger partial charge in [-0.25, -0.2) is 0 Å². The average molecular weight is 664 g/mol. The van der Waals surface area contributed by atoms with Crippen molar-refractivity contribution in [1.29, 1.82) is 0 Å². The quantitative estimate of drug-likeness (QED) is 0.105.